The highest BCUT2D eigenvalue weighted by Crippen LogP contribution is 2.29. The Morgan fingerprint density at radius 2 is 1.95 bits per heavy atom. The predicted octanol–water partition coefficient (Wildman–Crippen LogP) is 4.17. The van der Waals surface area contributed by atoms with Crippen LogP contribution in [0.2, 0.25) is 0 Å². The Kier molecular flexibility index (Phi) is 3.17. The van der Waals surface area contributed by atoms with Crippen LogP contribution in [0.15, 0.2) is 42.7 Å². The summed E-state index contributed by atoms with van der Waals surface area (Å²) in [5, 5.41) is 4.57. The molecular formula is C15H15N3S. The van der Waals surface area contributed by atoms with Crippen LogP contribution in [-0.2, 0) is 0 Å². The van der Waals surface area contributed by atoms with Crippen molar-refractivity contribution in [3.63, 3.8) is 0 Å². The first-order valence-corrected chi connectivity index (χ1v) is 7.08. The Balaban J connectivity index is 1.93. The van der Waals surface area contributed by atoms with Crippen molar-refractivity contribution >= 4 is 27.4 Å². The van der Waals surface area contributed by atoms with E-state index in [-0.39, 0.29) is 6.04 Å². The molecule has 0 aliphatic heterocycles. The Morgan fingerprint density at radius 3 is 2.74 bits per heavy atom. The molecule has 0 aliphatic rings. The van der Waals surface area contributed by atoms with Gasteiger partial charge in [-0.05, 0) is 25.5 Å². The number of aryl methyl sites for hydroxylation is 1. The van der Waals surface area contributed by atoms with E-state index in [1.807, 2.05) is 6.07 Å². The summed E-state index contributed by atoms with van der Waals surface area (Å²) < 4.78 is 0. The number of rotatable bonds is 3. The maximum absolute atomic E-state index is 4.37. The summed E-state index contributed by atoms with van der Waals surface area (Å²) in [7, 11) is 0. The third-order valence-electron chi connectivity index (χ3n) is 3.11. The van der Waals surface area contributed by atoms with Gasteiger partial charge >= 0.3 is 0 Å². The second kappa shape index (κ2) is 4.97. The van der Waals surface area contributed by atoms with E-state index in [0.717, 1.165) is 16.0 Å². The van der Waals surface area contributed by atoms with Crippen LogP contribution in [0.1, 0.15) is 23.4 Å². The molecule has 19 heavy (non-hydrogen) atoms. The highest BCUT2D eigenvalue weighted by atomic mass is 32.1. The molecular weight excluding hydrogens is 254 g/mol. The summed E-state index contributed by atoms with van der Waals surface area (Å²) in [6.45, 7) is 4.24. The van der Waals surface area contributed by atoms with Crippen molar-refractivity contribution in [3.8, 4) is 0 Å². The molecule has 0 saturated carbocycles. The molecule has 0 amide bonds. The third-order valence-corrected chi connectivity index (χ3v) is 4.06. The Morgan fingerprint density at radius 1 is 1.16 bits per heavy atom. The van der Waals surface area contributed by atoms with Crippen LogP contribution in [0.25, 0.3) is 10.2 Å². The predicted molar refractivity (Wildman–Crippen MR) is 80.6 cm³/mol. The van der Waals surface area contributed by atoms with E-state index in [9.17, 15) is 0 Å². The molecule has 0 spiro atoms. The van der Waals surface area contributed by atoms with Crippen molar-refractivity contribution in [2.45, 2.75) is 19.9 Å². The molecule has 0 fully saturated rings. The summed E-state index contributed by atoms with van der Waals surface area (Å²) in [6.07, 6.45) is 1.62. The molecule has 1 atom stereocenters. The van der Waals surface area contributed by atoms with E-state index in [2.05, 4.69) is 59.5 Å². The molecule has 0 aliphatic carbocycles. The molecule has 2 heterocycles. The quantitative estimate of drug-likeness (QED) is 0.775. The third kappa shape index (κ3) is 2.44. The largest absolute Gasteiger partial charge is 0.363 e. The average Bonchev–Trinajstić information content (AvgIpc) is 2.81. The minimum atomic E-state index is 0.222. The zero-order valence-corrected chi connectivity index (χ0v) is 11.7. The topological polar surface area (TPSA) is 37.8 Å². The van der Waals surface area contributed by atoms with Gasteiger partial charge in [0.15, 0.2) is 0 Å². The standard InChI is InChI=1S/C15H15N3S/c1-10-8-13-14(16-9-17-15(13)19-10)18-11(2)12-6-4-3-5-7-12/h3-9,11H,1-2H3,(H,16,17,18). The van der Waals surface area contributed by atoms with Crippen LogP contribution < -0.4 is 5.32 Å². The number of benzene rings is 1. The smallest absolute Gasteiger partial charge is 0.138 e. The SMILES string of the molecule is Cc1cc2c(NC(C)c3ccccc3)ncnc2s1. The zero-order valence-electron chi connectivity index (χ0n) is 10.9. The number of anilines is 1. The molecule has 0 bridgehead atoms. The number of aromatic nitrogens is 2. The number of hydrogen-bond acceptors (Lipinski definition) is 4. The highest BCUT2D eigenvalue weighted by molar-refractivity contribution is 7.18. The number of thiophene rings is 1. The van der Waals surface area contributed by atoms with Crippen LogP contribution in [0.3, 0.4) is 0 Å². The lowest BCUT2D eigenvalue weighted by Gasteiger charge is -2.15. The molecule has 96 valence electrons. The van der Waals surface area contributed by atoms with Gasteiger partial charge in [0.1, 0.15) is 17.0 Å². The van der Waals surface area contributed by atoms with Gasteiger partial charge < -0.3 is 5.32 Å². The molecule has 2 aromatic heterocycles. The first-order valence-electron chi connectivity index (χ1n) is 6.26. The van der Waals surface area contributed by atoms with Gasteiger partial charge in [-0.2, -0.15) is 0 Å². The van der Waals surface area contributed by atoms with Crippen molar-refractivity contribution < 1.29 is 0 Å². The van der Waals surface area contributed by atoms with E-state index < -0.39 is 0 Å². The summed E-state index contributed by atoms with van der Waals surface area (Å²) in [6, 6.07) is 12.7. The Hall–Kier alpha value is -1.94. The van der Waals surface area contributed by atoms with Gasteiger partial charge in [0, 0.05) is 10.9 Å². The van der Waals surface area contributed by atoms with Crippen molar-refractivity contribution in [3.05, 3.63) is 53.2 Å². The molecule has 3 rings (SSSR count). The maximum Gasteiger partial charge on any atom is 0.138 e. The molecule has 3 nitrogen and oxygen atoms in total. The molecule has 4 heteroatoms. The molecule has 3 aromatic rings. The zero-order chi connectivity index (χ0) is 13.2. The van der Waals surface area contributed by atoms with Crippen LogP contribution in [0.4, 0.5) is 5.82 Å². The van der Waals surface area contributed by atoms with Gasteiger partial charge in [0.25, 0.3) is 0 Å². The highest BCUT2D eigenvalue weighted by Gasteiger charge is 2.10. The van der Waals surface area contributed by atoms with Crippen molar-refractivity contribution in [2.24, 2.45) is 0 Å². The van der Waals surface area contributed by atoms with Crippen LogP contribution in [0.5, 0.6) is 0 Å². The Bertz CT molecular complexity index is 691. The van der Waals surface area contributed by atoms with E-state index in [4.69, 9.17) is 0 Å². The normalized spacial score (nSPS) is 12.5. The van der Waals surface area contributed by atoms with Crippen LogP contribution in [0, 0.1) is 6.92 Å². The fourth-order valence-corrected chi connectivity index (χ4v) is 2.97. The molecule has 0 radical (unpaired) electrons. The summed E-state index contributed by atoms with van der Waals surface area (Å²) >= 11 is 1.70. The van der Waals surface area contributed by atoms with Gasteiger partial charge in [-0.15, -0.1) is 11.3 Å². The monoisotopic (exact) mass is 269 g/mol. The maximum atomic E-state index is 4.37. The van der Waals surface area contributed by atoms with Crippen LogP contribution >= 0.6 is 11.3 Å². The molecule has 0 saturated heterocycles. The lowest BCUT2D eigenvalue weighted by Crippen LogP contribution is -2.08. The van der Waals surface area contributed by atoms with Crippen molar-refractivity contribution in [1.29, 1.82) is 0 Å². The first-order chi connectivity index (χ1) is 9.24. The number of fused-ring (bicyclic) bond motifs is 1. The number of hydrogen-bond donors (Lipinski definition) is 1. The van der Waals surface area contributed by atoms with Gasteiger partial charge in [0.2, 0.25) is 0 Å². The number of nitrogens with one attached hydrogen (secondary N) is 1. The lowest BCUT2D eigenvalue weighted by atomic mass is 10.1. The first kappa shape index (κ1) is 12.1. The fraction of sp³-hybridized carbons (Fsp3) is 0.200. The lowest BCUT2D eigenvalue weighted by molar-refractivity contribution is 0.876. The summed E-state index contributed by atoms with van der Waals surface area (Å²) in [5.41, 5.74) is 1.25. The minimum absolute atomic E-state index is 0.222. The van der Waals surface area contributed by atoms with Crippen molar-refractivity contribution in [1.82, 2.24) is 9.97 Å². The second-order valence-corrected chi connectivity index (χ2v) is 5.81. The molecule has 1 N–H and O–H groups in total. The van der Waals surface area contributed by atoms with E-state index in [1.54, 1.807) is 17.7 Å². The van der Waals surface area contributed by atoms with E-state index in [1.165, 1.54) is 10.4 Å². The van der Waals surface area contributed by atoms with Gasteiger partial charge in [-0.3, -0.25) is 0 Å². The molecule has 1 aromatic carbocycles. The van der Waals surface area contributed by atoms with Crippen molar-refractivity contribution in [2.75, 3.05) is 5.32 Å². The van der Waals surface area contributed by atoms with Gasteiger partial charge in [-0.25, -0.2) is 9.97 Å². The number of nitrogens with zero attached hydrogens (tertiary/aromatic N) is 2. The van der Waals surface area contributed by atoms with E-state index in [0.29, 0.717) is 0 Å². The summed E-state index contributed by atoms with van der Waals surface area (Å²) in [5.74, 6) is 0.908. The van der Waals surface area contributed by atoms with Crippen LogP contribution in [-0.4, -0.2) is 9.97 Å². The molecule has 1 unspecified atom stereocenters. The summed E-state index contributed by atoms with van der Waals surface area (Å²) in [4.78, 5) is 11.0. The van der Waals surface area contributed by atoms with Gasteiger partial charge in [0.05, 0.1) is 5.39 Å². The average molecular weight is 269 g/mol. The minimum Gasteiger partial charge on any atom is -0.363 e. The second-order valence-electron chi connectivity index (χ2n) is 4.57. The Labute approximate surface area is 116 Å². The van der Waals surface area contributed by atoms with Gasteiger partial charge in [-0.1, -0.05) is 30.3 Å². The fourth-order valence-electron chi connectivity index (χ4n) is 2.12. The van der Waals surface area contributed by atoms with E-state index >= 15 is 0 Å².